The van der Waals surface area contributed by atoms with Crippen molar-refractivity contribution in [3.63, 3.8) is 0 Å². The van der Waals surface area contributed by atoms with Crippen molar-refractivity contribution in [3.8, 4) is 5.69 Å². The molecule has 4 rings (SSSR count). The topological polar surface area (TPSA) is 55.6 Å². The number of rotatable bonds is 3. The molecule has 110 valence electrons. The van der Waals surface area contributed by atoms with E-state index in [0.29, 0.717) is 12.0 Å². The van der Waals surface area contributed by atoms with Crippen molar-refractivity contribution in [1.29, 1.82) is 0 Å². The van der Waals surface area contributed by atoms with Crippen molar-refractivity contribution in [1.82, 2.24) is 19.7 Å². The van der Waals surface area contributed by atoms with E-state index in [4.69, 9.17) is 0 Å². The minimum atomic E-state index is 0.370. The van der Waals surface area contributed by atoms with Crippen LogP contribution in [0.2, 0.25) is 0 Å². The molecule has 0 amide bonds. The number of hydrogen-bond donors (Lipinski definition) is 1. The van der Waals surface area contributed by atoms with Crippen molar-refractivity contribution in [2.45, 2.75) is 25.8 Å². The fourth-order valence-corrected chi connectivity index (χ4v) is 2.99. The first kappa shape index (κ1) is 13.0. The number of benzene rings is 1. The van der Waals surface area contributed by atoms with Gasteiger partial charge in [0, 0.05) is 17.9 Å². The Balaban J connectivity index is 1.48. The largest absolute Gasteiger partial charge is 0.351 e. The van der Waals surface area contributed by atoms with Crippen LogP contribution < -0.4 is 5.32 Å². The predicted molar refractivity (Wildman–Crippen MR) is 85.2 cm³/mol. The minimum absolute atomic E-state index is 0.370. The quantitative estimate of drug-likeness (QED) is 0.805. The summed E-state index contributed by atoms with van der Waals surface area (Å²) in [5.74, 6) is 0.673. The highest BCUT2D eigenvalue weighted by atomic mass is 15.3. The minimum Gasteiger partial charge on any atom is -0.351 e. The van der Waals surface area contributed by atoms with Crippen LogP contribution in [0.5, 0.6) is 0 Å². The van der Waals surface area contributed by atoms with Crippen LogP contribution in [0.25, 0.3) is 5.69 Å². The lowest BCUT2D eigenvalue weighted by atomic mass is 10.1. The maximum absolute atomic E-state index is 4.42. The van der Waals surface area contributed by atoms with Crippen molar-refractivity contribution in [2.75, 3.05) is 5.32 Å². The van der Waals surface area contributed by atoms with Gasteiger partial charge in [-0.3, -0.25) is 0 Å². The normalized spacial score (nSPS) is 14.0. The Bertz CT molecular complexity index is 766. The number of aromatic nitrogens is 4. The van der Waals surface area contributed by atoms with E-state index in [1.165, 1.54) is 11.1 Å². The number of nitrogens with one attached hydrogen (secondary N) is 1. The molecular formula is C17H17N5. The highest BCUT2D eigenvalue weighted by Gasteiger charge is 2.21. The highest BCUT2D eigenvalue weighted by molar-refractivity contribution is 5.39. The van der Waals surface area contributed by atoms with Gasteiger partial charge in [0.1, 0.15) is 5.69 Å². The molecule has 3 aromatic rings. The molecule has 0 saturated carbocycles. The zero-order valence-electron chi connectivity index (χ0n) is 12.4. The molecule has 5 heteroatoms. The standard InChI is InChI=1S/C17H17N5/c1-12-6-7-20-22(12)16-10-18-17(19-11-16)21-15-8-13-4-2-3-5-14(13)9-15/h2-7,10-11,15H,8-9H2,1H3,(H,18,19,21). The second-order valence-corrected chi connectivity index (χ2v) is 5.67. The molecule has 1 aromatic carbocycles. The zero-order chi connectivity index (χ0) is 14.9. The molecule has 1 N–H and O–H groups in total. The zero-order valence-corrected chi connectivity index (χ0v) is 12.4. The smallest absolute Gasteiger partial charge is 0.222 e. The van der Waals surface area contributed by atoms with Gasteiger partial charge in [-0.1, -0.05) is 24.3 Å². The maximum Gasteiger partial charge on any atom is 0.222 e. The third-order valence-electron chi connectivity index (χ3n) is 4.10. The summed E-state index contributed by atoms with van der Waals surface area (Å²) >= 11 is 0. The summed E-state index contributed by atoms with van der Waals surface area (Å²) in [5.41, 5.74) is 4.78. The van der Waals surface area contributed by atoms with E-state index in [1.54, 1.807) is 18.6 Å². The molecule has 0 radical (unpaired) electrons. The first-order valence-corrected chi connectivity index (χ1v) is 7.46. The summed E-state index contributed by atoms with van der Waals surface area (Å²) in [4.78, 5) is 8.84. The Kier molecular flexibility index (Phi) is 3.11. The molecule has 2 heterocycles. The van der Waals surface area contributed by atoms with E-state index in [2.05, 4.69) is 44.6 Å². The van der Waals surface area contributed by atoms with Crippen LogP contribution in [-0.4, -0.2) is 25.8 Å². The molecule has 0 fully saturated rings. The van der Waals surface area contributed by atoms with Crippen molar-refractivity contribution < 1.29 is 0 Å². The van der Waals surface area contributed by atoms with Crippen LogP contribution >= 0.6 is 0 Å². The SMILES string of the molecule is Cc1ccnn1-c1cnc(NC2Cc3ccccc3C2)nc1. The molecule has 0 unspecified atom stereocenters. The van der Waals surface area contributed by atoms with Gasteiger partial charge in [0.05, 0.1) is 12.4 Å². The Labute approximate surface area is 129 Å². The Hall–Kier alpha value is -2.69. The van der Waals surface area contributed by atoms with E-state index >= 15 is 0 Å². The molecule has 0 atom stereocenters. The molecular weight excluding hydrogens is 274 g/mol. The average molecular weight is 291 g/mol. The first-order chi connectivity index (χ1) is 10.8. The number of nitrogens with zero attached hydrogens (tertiary/aromatic N) is 4. The van der Waals surface area contributed by atoms with Gasteiger partial charge in [-0.25, -0.2) is 14.6 Å². The second kappa shape index (κ2) is 5.26. The lowest BCUT2D eigenvalue weighted by molar-refractivity contribution is 0.758. The number of aryl methyl sites for hydroxylation is 1. The number of hydrogen-bond acceptors (Lipinski definition) is 4. The Morgan fingerprint density at radius 1 is 1.05 bits per heavy atom. The molecule has 1 aliphatic carbocycles. The predicted octanol–water partition coefficient (Wildman–Crippen LogP) is 2.55. The van der Waals surface area contributed by atoms with Crippen LogP contribution in [-0.2, 0) is 12.8 Å². The van der Waals surface area contributed by atoms with Gasteiger partial charge in [0.2, 0.25) is 5.95 Å². The van der Waals surface area contributed by atoms with Crippen molar-refractivity contribution in [2.24, 2.45) is 0 Å². The van der Waals surface area contributed by atoms with Gasteiger partial charge >= 0.3 is 0 Å². The average Bonchev–Trinajstić information content (AvgIpc) is 3.13. The molecule has 0 saturated heterocycles. The lowest BCUT2D eigenvalue weighted by Crippen LogP contribution is -2.21. The van der Waals surface area contributed by atoms with E-state index in [1.807, 2.05) is 17.7 Å². The van der Waals surface area contributed by atoms with Gasteiger partial charge < -0.3 is 5.32 Å². The molecule has 5 nitrogen and oxygen atoms in total. The van der Waals surface area contributed by atoms with Crippen molar-refractivity contribution in [3.05, 3.63) is 65.7 Å². The first-order valence-electron chi connectivity index (χ1n) is 7.46. The van der Waals surface area contributed by atoms with Crippen LogP contribution in [0.3, 0.4) is 0 Å². The third kappa shape index (κ3) is 2.35. The monoisotopic (exact) mass is 291 g/mol. The summed E-state index contributed by atoms with van der Waals surface area (Å²) in [6, 6.07) is 10.9. The summed E-state index contributed by atoms with van der Waals surface area (Å²) in [5, 5.41) is 7.69. The number of fused-ring (bicyclic) bond motifs is 1. The molecule has 1 aliphatic rings. The highest BCUT2D eigenvalue weighted by Crippen LogP contribution is 2.23. The van der Waals surface area contributed by atoms with E-state index in [-0.39, 0.29) is 0 Å². The third-order valence-corrected chi connectivity index (χ3v) is 4.10. The maximum atomic E-state index is 4.42. The fourth-order valence-electron chi connectivity index (χ4n) is 2.99. The Morgan fingerprint density at radius 3 is 2.32 bits per heavy atom. The molecule has 0 bridgehead atoms. The molecule has 0 spiro atoms. The van der Waals surface area contributed by atoms with E-state index in [0.717, 1.165) is 24.2 Å². The molecule has 2 aromatic heterocycles. The van der Waals surface area contributed by atoms with Crippen LogP contribution in [0.15, 0.2) is 48.9 Å². The van der Waals surface area contributed by atoms with Crippen LogP contribution in [0.1, 0.15) is 16.8 Å². The van der Waals surface area contributed by atoms with Gasteiger partial charge in [0.15, 0.2) is 0 Å². The van der Waals surface area contributed by atoms with Gasteiger partial charge in [-0.05, 0) is 37.0 Å². The fraction of sp³-hybridized carbons (Fsp3) is 0.235. The molecule has 0 aliphatic heterocycles. The second-order valence-electron chi connectivity index (χ2n) is 5.67. The van der Waals surface area contributed by atoms with E-state index < -0.39 is 0 Å². The van der Waals surface area contributed by atoms with Crippen LogP contribution in [0.4, 0.5) is 5.95 Å². The number of anilines is 1. The summed E-state index contributed by atoms with van der Waals surface area (Å²) in [7, 11) is 0. The van der Waals surface area contributed by atoms with Crippen LogP contribution in [0, 0.1) is 6.92 Å². The Morgan fingerprint density at radius 2 is 1.73 bits per heavy atom. The van der Waals surface area contributed by atoms with Gasteiger partial charge in [-0.2, -0.15) is 5.10 Å². The van der Waals surface area contributed by atoms with Gasteiger partial charge in [-0.15, -0.1) is 0 Å². The lowest BCUT2D eigenvalue weighted by Gasteiger charge is -2.12. The van der Waals surface area contributed by atoms with Crippen molar-refractivity contribution >= 4 is 5.95 Å². The summed E-state index contributed by atoms with van der Waals surface area (Å²) in [6.07, 6.45) is 7.44. The molecule has 22 heavy (non-hydrogen) atoms. The van der Waals surface area contributed by atoms with E-state index in [9.17, 15) is 0 Å². The van der Waals surface area contributed by atoms with Gasteiger partial charge in [0.25, 0.3) is 0 Å². The summed E-state index contributed by atoms with van der Waals surface area (Å²) in [6.45, 7) is 2.01. The summed E-state index contributed by atoms with van der Waals surface area (Å²) < 4.78 is 1.83.